The minimum Gasteiger partial charge on any atom is -0.495 e. The van der Waals surface area contributed by atoms with Gasteiger partial charge in [-0.25, -0.2) is 0 Å². The fourth-order valence-corrected chi connectivity index (χ4v) is 1.74. The fourth-order valence-electron chi connectivity index (χ4n) is 1.54. The molecule has 0 radical (unpaired) electrons. The molecule has 1 unspecified atom stereocenters. The van der Waals surface area contributed by atoms with E-state index in [2.05, 4.69) is 10.6 Å². The highest BCUT2D eigenvalue weighted by Crippen LogP contribution is 2.27. The second kappa shape index (κ2) is 6.15. The molecule has 0 saturated carbocycles. The largest absolute Gasteiger partial charge is 0.495 e. The number of anilines is 1. The van der Waals surface area contributed by atoms with Crippen LogP contribution >= 0.6 is 11.6 Å². The molecule has 1 aromatic rings. The molecule has 1 aromatic carbocycles. The van der Waals surface area contributed by atoms with E-state index in [0.29, 0.717) is 10.8 Å². The van der Waals surface area contributed by atoms with E-state index in [1.54, 1.807) is 19.2 Å². The standard InChI is InChI=1S/C14H21ClN2O2/c1-9(13(18)17-14(2,3)4)16-10-6-7-11(15)12(8-10)19-5/h6-9,16H,1-5H3,(H,17,18). The van der Waals surface area contributed by atoms with Crippen LogP contribution in [-0.4, -0.2) is 24.6 Å². The molecule has 0 bridgehead atoms. The average molecular weight is 285 g/mol. The molecular formula is C14H21ClN2O2. The first-order valence-corrected chi connectivity index (χ1v) is 6.53. The van der Waals surface area contributed by atoms with Gasteiger partial charge < -0.3 is 15.4 Å². The third-order valence-corrected chi connectivity index (χ3v) is 2.74. The summed E-state index contributed by atoms with van der Waals surface area (Å²) in [6, 6.07) is 4.97. The summed E-state index contributed by atoms with van der Waals surface area (Å²) >= 11 is 5.95. The average Bonchev–Trinajstić information content (AvgIpc) is 2.29. The molecule has 1 amide bonds. The number of amides is 1. The molecule has 0 heterocycles. The number of halogens is 1. The maximum Gasteiger partial charge on any atom is 0.242 e. The van der Waals surface area contributed by atoms with Crippen LogP contribution in [0, 0.1) is 0 Å². The van der Waals surface area contributed by atoms with E-state index in [4.69, 9.17) is 16.3 Å². The van der Waals surface area contributed by atoms with Crippen molar-refractivity contribution in [1.29, 1.82) is 0 Å². The summed E-state index contributed by atoms with van der Waals surface area (Å²) in [7, 11) is 1.56. The maximum absolute atomic E-state index is 12.0. The maximum atomic E-state index is 12.0. The van der Waals surface area contributed by atoms with Gasteiger partial charge in [-0.15, -0.1) is 0 Å². The Morgan fingerprint density at radius 1 is 1.37 bits per heavy atom. The van der Waals surface area contributed by atoms with Crippen LogP contribution in [0.1, 0.15) is 27.7 Å². The Hall–Kier alpha value is -1.42. The topological polar surface area (TPSA) is 50.4 Å². The first-order valence-electron chi connectivity index (χ1n) is 6.15. The van der Waals surface area contributed by atoms with Gasteiger partial charge in [0.15, 0.2) is 0 Å². The zero-order valence-corrected chi connectivity index (χ0v) is 12.8. The van der Waals surface area contributed by atoms with Crippen molar-refractivity contribution in [2.24, 2.45) is 0 Å². The SMILES string of the molecule is COc1cc(NC(C)C(=O)NC(C)(C)C)ccc1Cl. The van der Waals surface area contributed by atoms with Gasteiger partial charge in [0.1, 0.15) is 11.8 Å². The molecule has 0 aromatic heterocycles. The molecule has 0 saturated heterocycles. The summed E-state index contributed by atoms with van der Waals surface area (Å²) in [6.45, 7) is 7.65. The molecule has 1 rings (SSSR count). The van der Waals surface area contributed by atoms with Crippen molar-refractivity contribution >= 4 is 23.2 Å². The quantitative estimate of drug-likeness (QED) is 0.893. The summed E-state index contributed by atoms with van der Waals surface area (Å²) in [5.41, 5.74) is 0.544. The third-order valence-electron chi connectivity index (χ3n) is 2.43. The lowest BCUT2D eigenvalue weighted by molar-refractivity contribution is -0.122. The molecule has 1 atom stereocenters. The summed E-state index contributed by atoms with van der Waals surface area (Å²) in [5, 5.41) is 6.58. The molecule has 2 N–H and O–H groups in total. The Morgan fingerprint density at radius 3 is 2.53 bits per heavy atom. The molecule has 0 aliphatic carbocycles. The zero-order valence-electron chi connectivity index (χ0n) is 12.0. The Morgan fingerprint density at radius 2 is 2.00 bits per heavy atom. The van der Waals surface area contributed by atoms with Crippen LogP contribution in [0.15, 0.2) is 18.2 Å². The van der Waals surface area contributed by atoms with E-state index in [-0.39, 0.29) is 17.5 Å². The molecule has 0 fully saturated rings. The molecular weight excluding hydrogens is 264 g/mol. The van der Waals surface area contributed by atoms with Crippen molar-refractivity contribution in [3.05, 3.63) is 23.2 Å². The van der Waals surface area contributed by atoms with Crippen LogP contribution in [0.4, 0.5) is 5.69 Å². The van der Waals surface area contributed by atoms with Gasteiger partial charge in [0.05, 0.1) is 12.1 Å². The number of hydrogen-bond acceptors (Lipinski definition) is 3. The first-order chi connectivity index (χ1) is 8.73. The fraction of sp³-hybridized carbons (Fsp3) is 0.500. The van der Waals surface area contributed by atoms with Crippen LogP contribution in [-0.2, 0) is 4.79 Å². The number of methoxy groups -OCH3 is 1. The molecule has 106 valence electrons. The number of benzene rings is 1. The van der Waals surface area contributed by atoms with Gasteiger partial charge in [0.25, 0.3) is 0 Å². The zero-order chi connectivity index (χ0) is 14.6. The van der Waals surface area contributed by atoms with Crippen molar-refractivity contribution in [2.45, 2.75) is 39.3 Å². The highest BCUT2D eigenvalue weighted by molar-refractivity contribution is 6.32. The van der Waals surface area contributed by atoms with Gasteiger partial charge >= 0.3 is 0 Å². The van der Waals surface area contributed by atoms with Crippen molar-refractivity contribution in [3.8, 4) is 5.75 Å². The highest BCUT2D eigenvalue weighted by Gasteiger charge is 2.19. The van der Waals surface area contributed by atoms with Crippen LogP contribution < -0.4 is 15.4 Å². The Bertz CT molecular complexity index is 455. The monoisotopic (exact) mass is 284 g/mol. The van der Waals surface area contributed by atoms with E-state index in [1.165, 1.54) is 0 Å². The van der Waals surface area contributed by atoms with Crippen molar-refractivity contribution < 1.29 is 9.53 Å². The molecule has 5 heteroatoms. The predicted octanol–water partition coefficient (Wildman–Crippen LogP) is 3.06. The number of ether oxygens (including phenoxy) is 1. The van der Waals surface area contributed by atoms with Crippen molar-refractivity contribution in [3.63, 3.8) is 0 Å². The highest BCUT2D eigenvalue weighted by atomic mass is 35.5. The third kappa shape index (κ3) is 4.99. The van der Waals surface area contributed by atoms with E-state index in [0.717, 1.165) is 5.69 Å². The summed E-state index contributed by atoms with van der Waals surface area (Å²) in [6.07, 6.45) is 0. The van der Waals surface area contributed by atoms with Crippen LogP contribution in [0.3, 0.4) is 0 Å². The van der Waals surface area contributed by atoms with E-state index in [1.807, 2.05) is 33.8 Å². The second-order valence-corrected chi connectivity index (χ2v) is 5.86. The lowest BCUT2D eigenvalue weighted by Gasteiger charge is -2.24. The second-order valence-electron chi connectivity index (χ2n) is 5.45. The van der Waals surface area contributed by atoms with Gasteiger partial charge in [-0.2, -0.15) is 0 Å². The lowest BCUT2D eigenvalue weighted by atomic mass is 10.1. The van der Waals surface area contributed by atoms with E-state index < -0.39 is 0 Å². The number of rotatable bonds is 4. The van der Waals surface area contributed by atoms with Crippen LogP contribution in [0.2, 0.25) is 5.02 Å². The molecule has 0 aliphatic rings. The number of carbonyl (C=O) groups is 1. The Kier molecular flexibility index (Phi) is 5.06. The summed E-state index contributed by atoms with van der Waals surface area (Å²) in [4.78, 5) is 12.0. The van der Waals surface area contributed by atoms with Gasteiger partial charge in [-0.05, 0) is 39.8 Å². The Balaban J connectivity index is 2.71. The molecule has 0 spiro atoms. The van der Waals surface area contributed by atoms with Gasteiger partial charge in [-0.3, -0.25) is 4.79 Å². The Labute approximate surface area is 119 Å². The number of nitrogens with one attached hydrogen (secondary N) is 2. The minimum atomic E-state index is -0.342. The number of carbonyl (C=O) groups excluding carboxylic acids is 1. The van der Waals surface area contributed by atoms with E-state index in [9.17, 15) is 4.79 Å². The molecule has 19 heavy (non-hydrogen) atoms. The van der Waals surface area contributed by atoms with Gasteiger partial charge in [0, 0.05) is 17.3 Å². The van der Waals surface area contributed by atoms with Crippen LogP contribution in [0.25, 0.3) is 0 Å². The lowest BCUT2D eigenvalue weighted by Crippen LogP contribution is -2.47. The summed E-state index contributed by atoms with van der Waals surface area (Å²) in [5.74, 6) is 0.525. The smallest absolute Gasteiger partial charge is 0.242 e. The predicted molar refractivity (Wildman–Crippen MR) is 79.0 cm³/mol. The normalized spacial score (nSPS) is 12.7. The minimum absolute atomic E-state index is 0.0542. The first kappa shape index (κ1) is 15.6. The van der Waals surface area contributed by atoms with Crippen LogP contribution in [0.5, 0.6) is 5.75 Å². The van der Waals surface area contributed by atoms with Crippen molar-refractivity contribution in [2.75, 3.05) is 12.4 Å². The van der Waals surface area contributed by atoms with Gasteiger partial charge in [-0.1, -0.05) is 11.6 Å². The van der Waals surface area contributed by atoms with E-state index >= 15 is 0 Å². The van der Waals surface area contributed by atoms with Crippen molar-refractivity contribution in [1.82, 2.24) is 5.32 Å². The number of hydrogen-bond donors (Lipinski definition) is 2. The molecule has 4 nitrogen and oxygen atoms in total. The molecule has 0 aliphatic heterocycles. The summed E-state index contributed by atoms with van der Waals surface area (Å²) < 4.78 is 5.14. The van der Waals surface area contributed by atoms with Gasteiger partial charge in [0.2, 0.25) is 5.91 Å².